The lowest BCUT2D eigenvalue weighted by molar-refractivity contribution is -0.873. The van der Waals surface area contributed by atoms with Crippen LogP contribution in [0.25, 0.3) is 0 Å². The molecule has 2 unspecified atom stereocenters. The highest BCUT2D eigenvalue weighted by Crippen LogP contribution is 2.21. The van der Waals surface area contributed by atoms with Gasteiger partial charge in [-0.05, 0) is 12.8 Å². The zero-order valence-electron chi connectivity index (χ0n) is 24.3. The van der Waals surface area contributed by atoms with E-state index in [1.54, 1.807) is 0 Å². The van der Waals surface area contributed by atoms with Crippen molar-refractivity contribution in [3.8, 4) is 0 Å². The number of aliphatic hydroxyl groups is 1. The van der Waals surface area contributed by atoms with Crippen LogP contribution in [0.15, 0.2) is 0 Å². The first-order chi connectivity index (χ1) is 16.3. The van der Waals surface area contributed by atoms with Crippen molar-refractivity contribution >= 4 is 5.97 Å². The smallest absolute Gasteiger partial charge is 0.309 e. The maximum absolute atomic E-state index is 12.8. The molecule has 0 spiro atoms. The van der Waals surface area contributed by atoms with Gasteiger partial charge in [0.1, 0.15) is 19.3 Å². The van der Waals surface area contributed by atoms with Gasteiger partial charge < -0.3 is 26.7 Å². The standard InChI is InChI=1S/C30H62NO3.ClH/c1-6-8-10-12-14-16-17-19-21-23-25-28(24-22-20-18-15-13-11-9-7-2)30(33)34-27-29(32)26-31(3,4)5;/h28-29,32H,6-27H2,1-5H3;1H/q+1;/p-1. The summed E-state index contributed by atoms with van der Waals surface area (Å²) in [6.45, 7) is 5.24. The third-order valence-corrected chi connectivity index (χ3v) is 6.82. The maximum atomic E-state index is 12.8. The monoisotopic (exact) mass is 519 g/mol. The summed E-state index contributed by atoms with van der Waals surface area (Å²) in [5, 5.41) is 10.2. The van der Waals surface area contributed by atoms with Gasteiger partial charge in [0.05, 0.1) is 27.1 Å². The number of hydrogen-bond acceptors (Lipinski definition) is 3. The van der Waals surface area contributed by atoms with Gasteiger partial charge in [-0.2, -0.15) is 0 Å². The largest absolute Gasteiger partial charge is 1.00 e. The number of rotatable bonds is 25. The van der Waals surface area contributed by atoms with Crippen molar-refractivity contribution in [2.24, 2.45) is 5.92 Å². The van der Waals surface area contributed by atoms with Crippen LogP contribution in [0.4, 0.5) is 0 Å². The molecule has 0 aliphatic rings. The lowest BCUT2D eigenvalue weighted by Gasteiger charge is -2.26. The molecule has 4 nitrogen and oxygen atoms in total. The second-order valence-corrected chi connectivity index (χ2v) is 11.7. The number of carbonyl (C=O) groups is 1. The average molecular weight is 520 g/mol. The van der Waals surface area contributed by atoms with Crippen molar-refractivity contribution in [2.45, 2.75) is 148 Å². The predicted molar refractivity (Wildman–Crippen MR) is 147 cm³/mol. The Bertz CT molecular complexity index is 453. The fourth-order valence-electron chi connectivity index (χ4n) is 4.76. The molecule has 5 heteroatoms. The SMILES string of the molecule is CCCCCCCCCCCCC(CCCCCCCCCC)C(=O)OCC(O)C[N+](C)(C)C.[Cl-]. The third kappa shape index (κ3) is 26.6. The molecule has 0 saturated carbocycles. The summed E-state index contributed by atoms with van der Waals surface area (Å²) in [5.74, 6) is -0.0789. The molecule has 35 heavy (non-hydrogen) atoms. The summed E-state index contributed by atoms with van der Waals surface area (Å²) in [6.07, 6.45) is 24.8. The molecule has 1 N–H and O–H groups in total. The zero-order valence-corrected chi connectivity index (χ0v) is 25.1. The molecule has 212 valence electrons. The zero-order chi connectivity index (χ0) is 25.5. The van der Waals surface area contributed by atoms with E-state index >= 15 is 0 Å². The number of quaternary nitrogens is 1. The van der Waals surface area contributed by atoms with Crippen LogP contribution < -0.4 is 12.4 Å². The molecule has 0 bridgehead atoms. The Balaban J connectivity index is 0. The Kier molecular flexibility index (Phi) is 26.7. The van der Waals surface area contributed by atoms with Crippen molar-refractivity contribution in [1.82, 2.24) is 0 Å². The minimum absolute atomic E-state index is 0. The fourth-order valence-corrected chi connectivity index (χ4v) is 4.76. The normalized spacial score (nSPS) is 13.3. The highest BCUT2D eigenvalue weighted by Gasteiger charge is 2.22. The van der Waals surface area contributed by atoms with Gasteiger partial charge in [0.2, 0.25) is 0 Å². The van der Waals surface area contributed by atoms with Gasteiger partial charge in [0.15, 0.2) is 0 Å². The van der Waals surface area contributed by atoms with Crippen molar-refractivity contribution in [2.75, 3.05) is 34.3 Å². The third-order valence-electron chi connectivity index (χ3n) is 6.82. The molecule has 0 aromatic rings. The fraction of sp³-hybridized carbons (Fsp3) is 0.967. The van der Waals surface area contributed by atoms with E-state index in [-0.39, 0.29) is 30.9 Å². The minimum atomic E-state index is -0.593. The van der Waals surface area contributed by atoms with Gasteiger partial charge in [-0.1, -0.05) is 129 Å². The quantitative estimate of drug-likeness (QED) is 0.104. The number of aliphatic hydroxyl groups excluding tert-OH is 1. The first-order valence-electron chi connectivity index (χ1n) is 14.9. The molecule has 0 aliphatic heterocycles. The molecule has 0 fully saturated rings. The first-order valence-corrected chi connectivity index (χ1v) is 14.9. The van der Waals surface area contributed by atoms with E-state index in [0.717, 1.165) is 25.7 Å². The molecule has 0 rings (SSSR count). The van der Waals surface area contributed by atoms with Crippen LogP contribution in [0.1, 0.15) is 142 Å². The number of unbranched alkanes of at least 4 members (excludes halogenated alkanes) is 16. The van der Waals surface area contributed by atoms with Crippen LogP contribution in [0, 0.1) is 5.92 Å². The Morgan fingerprint density at radius 2 is 1.00 bits per heavy atom. The van der Waals surface area contributed by atoms with Crippen molar-refractivity contribution < 1.29 is 31.5 Å². The van der Waals surface area contributed by atoms with Gasteiger partial charge >= 0.3 is 5.97 Å². The molecule has 0 aromatic carbocycles. The number of ether oxygens (including phenoxy) is 1. The topological polar surface area (TPSA) is 46.5 Å². The lowest BCUT2D eigenvalue weighted by Crippen LogP contribution is -3.00. The molecular formula is C30H62ClNO3. The highest BCUT2D eigenvalue weighted by atomic mass is 35.5. The highest BCUT2D eigenvalue weighted by molar-refractivity contribution is 5.72. The van der Waals surface area contributed by atoms with Crippen LogP contribution in [-0.2, 0) is 9.53 Å². The van der Waals surface area contributed by atoms with Crippen LogP contribution in [-0.4, -0.2) is 56.0 Å². The average Bonchev–Trinajstić information content (AvgIpc) is 2.77. The minimum Gasteiger partial charge on any atom is -1.00 e. The number of esters is 1. The number of nitrogens with zero attached hydrogens (tertiary/aromatic N) is 1. The van der Waals surface area contributed by atoms with E-state index in [0.29, 0.717) is 11.0 Å². The number of carbonyl (C=O) groups excluding carboxylic acids is 1. The Morgan fingerprint density at radius 3 is 1.34 bits per heavy atom. The van der Waals surface area contributed by atoms with E-state index in [1.165, 1.54) is 103 Å². The van der Waals surface area contributed by atoms with Gasteiger partial charge in [-0.15, -0.1) is 0 Å². The van der Waals surface area contributed by atoms with Crippen molar-refractivity contribution in [3.05, 3.63) is 0 Å². The Labute approximate surface area is 226 Å². The second kappa shape index (κ2) is 25.3. The summed E-state index contributed by atoms with van der Waals surface area (Å²) < 4.78 is 6.24. The number of halogens is 1. The van der Waals surface area contributed by atoms with Crippen LogP contribution in [0.5, 0.6) is 0 Å². The molecule has 0 saturated heterocycles. The van der Waals surface area contributed by atoms with E-state index in [2.05, 4.69) is 13.8 Å². The number of hydrogen-bond donors (Lipinski definition) is 1. The van der Waals surface area contributed by atoms with Crippen LogP contribution in [0.2, 0.25) is 0 Å². The molecule has 0 aliphatic carbocycles. The summed E-state index contributed by atoms with van der Waals surface area (Å²) in [7, 11) is 6.13. The van der Waals surface area contributed by atoms with Gasteiger partial charge in [0.25, 0.3) is 0 Å². The van der Waals surface area contributed by atoms with Crippen molar-refractivity contribution in [1.29, 1.82) is 0 Å². The lowest BCUT2D eigenvalue weighted by atomic mass is 9.94. The Hall–Kier alpha value is -0.320. The van der Waals surface area contributed by atoms with Gasteiger partial charge in [-0.3, -0.25) is 4.79 Å². The molecule has 0 aromatic heterocycles. The summed E-state index contributed by atoms with van der Waals surface area (Å²) in [6, 6.07) is 0. The molecule has 0 heterocycles. The molecule has 2 atom stereocenters. The van der Waals surface area contributed by atoms with E-state index < -0.39 is 6.10 Å². The van der Waals surface area contributed by atoms with Crippen LogP contribution in [0.3, 0.4) is 0 Å². The molecular weight excluding hydrogens is 458 g/mol. The van der Waals surface area contributed by atoms with E-state index in [4.69, 9.17) is 4.74 Å². The van der Waals surface area contributed by atoms with Crippen molar-refractivity contribution in [3.63, 3.8) is 0 Å². The molecule has 0 radical (unpaired) electrons. The number of likely N-dealkylation sites (N-methyl/N-ethyl adjacent to an activating group) is 1. The Morgan fingerprint density at radius 1 is 0.657 bits per heavy atom. The van der Waals surface area contributed by atoms with Crippen LogP contribution >= 0.6 is 0 Å². The maximum Gasteiger partial charge on any atom is 0.309 e. The summed E-state index contributed by atoms with van der Waals surface area (Å²) in [5.41, 5.74) is 0. The molecule has 0 amide bonds. The summed E-state index contributed by atoms with van der Waals surface area (Å²) in [4.78, 5) is 12.8. The van der Waals surface area contributed by atoms with Gasteiger partial charge in [0, 0.05) is 0 Å². The van der Waals surface area contributed by atoms with E-state index in [9.17, 15) is 9.90 Å². The van der Waals surface area contributed by atoms with Gasteiger partial charge in [-0.25, -0.2) is 0 Å². The predicted octanol–water partition coefficient (Wildman–Crippen LogP) is 5.06. The van der Waals surface area contributed by atoms with E-state index in [1.807, 2.05) is 21.1 Å². The summed E-state index contributed by atoms with van der Waals surface area (Å²) >= 11 is 0. The first kappa shape index (κ1) is 36.8. The second-order valence-electron chi connectivity index (χ2n) is 11.7.